The molecule has 180 valence electrons. The van der Waals surface area contributed by atoms with E-state index in [1.54, 1.807) is 18.2 Å². The van der Waals surface area contributed by atoms with Gasteiger partial charge in [0.05, 0.1) is 0 Å². The van der Waals surface area contributed by atoms with Crippen molar-refractivity contribution in [3.8, 4) is 11.5 Å². The van der Waals surface area contributed by atoms with Crippen molar-refractivity contribution in [2.45, 2.75) is 39.2 Å². The Morgan fingerprint density at radius 3 is 2.53 bits per heavy atom. The third-order valence-corrected chi connectivity index (χ3v) is 6.43. The van der Waals surface area contributed by atoms with E-state index in [4.69, 9.17) is 9.47 Å². The summed E-state index contributed by atoms with van der Waals surface area (Å²) in [4.78, 5) is 40.8. The molecule has 1 fully saturated rings. The average Bonchev–Trinajstić information content (AvgIpc) is 3.34. The second-order valence-corrected chi connectivity index (χ2v) is 8.75. The second kappa shape index (κ2) is 10.6. The summed E-state index contributed by atoms with van der Waals surface area (Å²) in [6.45, 7) is 5.66. The van der Waals surface area contributed by atoms with Gasteiger partial charge in [0.15, 0.2) is 11.5 Å². The summed E-state index contributed by atoms with van der Waals surface area (Å²) in [6, 6.07) is 11.9. The Kier molecular flexibility index (Phi) is 7.35. The summed E-state index contributed by atoms with van der Waals surface area (Å²) in [5.41, 5.74) is 2.06. The van der Waals surface area contributed by atoms with Gasteiger partial charge in [-0.25, -0.2) is 0 Å². The number of hydrogen-bond acceptors (Lipinski definition) is 5. The van der Waals surface area contributed by atoms with Gasteiger partial charge in [-0.2, -0.15) is 0 Å². The summed E-state index contributed by atoms with van der Waals surface area (Å²) < 4.78 is 10.7. The smallest absolute Gasteiger partial charge is 0.254 e. The lowest BCUT2D eigenvalue weighted by Gasteiger charge is -2.36. The summed E-state index contributed by atoms with van der Waals surface area (Å²) >= 11 is 0. The molecule has 0 radical (unpaired) electrons. The van der Waals surface area contributed by atoms with E-state index in [2.05, 4.69) is 10.6 Å². The normalized spacial score (nSPS) is 16.1. The highest BCUT2D eigenvalue weighted by molar-refractivity contribution is 5.98. The van der Waals surface area contributed by atoms with Crippen LogP contribution in [0.3, 0.4) is 0 Å². The molecule has 2 aromatic rings. The summed E-state index contributed by atoms with van der Waals surface area (Å²) in [6.07, 6.45) is 2.06. The molecule has 2 aliphatic heterocycles. The first-order valence-corrected chi connectivity index (χ1v) is 11.8. The second-order valence-electron chi connectivity index (χ2n) is 8.75. The molecule has 0 bridgehead atoms. The van der Waals surface area contributed by atoms with Crippen LogP contribution in [0.5, 0.6) is 11.5 Å². The Morgan fingerprint density at radius 1 is 1.06 bits per heavy atom. The van der Waals surface area contributed by atoms with Crippen molar-refractivity contribution in [1.29, 1.82) is 0 Å². The van der Waals surface area contributed by atoms with Gasteiger partial charge in [0.1, 0.15) is 6.04 Å². The number of aryl methyl sites for hydroxylation is 1. The van der Waals surface area contributed by atoms with Crippen molar-refractivity contribution in [2.24, 2.45) is 5.92 Å². The van der Waals surface area contributed by atoms with Gasteiger partial charge in [0, 0.05) is 30.8 Å². The van der Waals surface area contributed by atoms with Crippen molar-refractivity contribution in [3.05, 3.63) is 59.2 Å². The lowest BCUT2D eigenvalue weighted by molar-refractivity contribution is -0.124. The standard InChI is InChI=1S/C26H31N3O5/c1-3-12-27-25(31)23(28-24(30)19-8-9-21-22(15-19)34-16-33-21)18-10-13-29(14-11-18)26(32)20-7-5-4-6-17(20)2/h4-9,15,18,23H,3,10-14,16H2,1-2H3,(H,27,31)(H,28,30)/t23-/m0/s1. The van der Waals surface area contributed by atoms with Crippen LogP contribution in [0.4, 0.5) is 0 Å². The van der Waals surface area contributed by atoms with Gasteiger partial charge in [0.2, 0.25) is 12.7 Å². The molecule has 2 aromatic carbocycles. The van der Waals surface area contributed by atoms with Crippen LogP contribution in [0.2, 0.25) is 0 Å². The van der Waals surface area contributed by atoms with Crippen molar-refractivity contribution < 1.29 is 23.9 Å². The lowest BCUT2D eigenvalue weighted by atomic mass is 9.88. The number of piperidine rings is 1. The lowest BCUT2D eigenvalue weighted by Crippen LogP contribution is -2.54. The number of likely N-dealkylation sites (tertiary alicyclic amines) is 1. The van der Waals surface area contributed by atoms with E-state index >= 15 is 0 Å². The van der Waals surface area contributed by atoms with Crippen molar-refractivity contribution in [3.63, 3.8) is 0 Å². The number of rotatable bonds is 7. The van der Waals surface area contributed by atoms with Crippen molar-refractivity contribution in [1.82, 2.24) is 15.5 Å². The molecule has 34 heavy (non-hydrogen) atoms. The minimum atomic E-state index is -0.680. The molecule has 2 heterocycles. The highest BCUT2D eigenvalue weighted by atomic mass is 16.7. The number of nitrogens with one attached hydrogen (secondary N) is 2. The molecule has 1 saturated heterocycles. The van der Waals surface area contributed by atoms with Crippen LogP contribution in [0, 0.1) is 12.8 Å². The fourth-order valence-corrected chi connectivity index (χ4v) is 4.44. The van der Waals surface area contributed by atoms with Gasteiger partial charge in [-0.1, -0.05) is 25.1 Å². The first-order valence-electron chi connectivity index (χ1n) is 11.8. The van der Waals surface area contributed by atoms with E-state index < -0.39 is 6.04 Å². The van der Waals surface area contributed by atoms with E-state index in [1.165, 1.54) is 0 Å². The van der Waals surface area contributed by atoms with Gasteiger partial charge in [-0.15, -0.1) is 0 Å². The van der Waals surface area contributed by atoms with Crippen LogP contribution >= 0.6 is 0 Å². The number of fused-ring (bicyclic) bond motifs is 1. The molecule has 3 amide bonds. The van der Waals surface area contributed by atoms with Gasteiger partial charge < -0.3 is 25.0 Å². The van der Waals surface area contributed by atoms with Crippen LogP contribution in [0.25, 0.3) is 0 Å². The molecule has 0 aliphatic carbocycles. The number of carbonyl (C=O) groups is 3. The molecular formula is C26H31N3O5. The van der Waals surface area contributed by atoms with Gasteiger partial charge in [-0.05, 0) is 61.9 Å². The highest BCUT2D eigenvalue weighted by Crippen LogP contribution is 2.32. The summed E-state index contributed by atoms with van der Waals surface area (Å²) in [7, 11) is 0. The van der Waals surface area contributed by atoms with Gasteiger partial charge in [-0.3, -0.25) is 14.4 Å². The fourth-order valence-electron chi connectivity index (χ4n) is 4.44. The molecule has 8 nitrogen and oxygen atoms in total. The molecule has 4 rings (SSSR count). The predicted octanol–water partition coefficient (Wildman–Crippen LogP) is 2.90. The predicted molar refractivity (Wildman–Crippen MR) is 127 cm³/mol. The quantitative estimate of drug-likeness (QED) is 0.656. The number of ether oxygens (including phenoxy) is 2. The maximum absolute atomic E-state index is 13.0. The number of nitrogens with zero attached hydrogens (tertiary/aromatic N) is 1. The third-order valence-electron chi connectivity index (χ3n) is 6.43. The van der Waals surface area contributed by atoms with Crippen LogP contribution in [0.15, 0.2) is 42.5 Å². The minimum Gasteiger partial charge on any atom is -0.454 e. The van der Waals surface area contributed by atoms with Gasteiger partial charge in [0.25, 0.3) is 11.8 Å². The maximum Gasteiger partial charge on any atom is 0.254 e. The van der Waals surface area contributed by atoms with Gasteiger partial charge >= 0.3 is 0 Å². The molecule has 0 aromatic heterocycles. The largest absolute Gasteiger partial charge is 0.454 e. The zero-order chi connectivity index (χ0) is 24.1. The molecule has 0 spiro atoms. The van der Waals surface area contributed by atoms with E-state index in [1.807, 2.05) is 43.0 Å². The Labute approximate surface area is 199 Å². The Bertz CT molecular complexity index is 1060. The van der Waals surface area contributed by atoms with Crippen LogP contribution in [-0.4, -0.2) is 55.1 Å². The molecule has 0 unspecified atom stereocenters. The maximum atomic E-state index is 13.0. The summed E-state index contributed by atoms with van der Waals surface area (Å²) in [5, 5.41) is 5.85. The molecule has 8 heteroatoms. The van der Waals surface area contributed by atoms with Crippen LogP contribution < -0.4 is 20.1 Å². The Morgan fingerprint density at radius 2 is 1.79 bits per heavy atom. The first-order chi connectivity index (χ1) is 16.5. The van der Waals surface area contributed by atoms with E-state index in [-0.39, 0.29) is 30.4 Å². The SMILES string of the molecule is CCCNC(=O)[C@@H](NC(=O)c1ccc2c(c1)OCO2)C1CCN(C(=O)c2ccccc2C)CC1. The zero-order valence-corrected chi connectivity index (χ0v) is 19.6. The number of amides is 3. The van der Waals surface area contributed by atoms with E-state index in [0.717, 1.165) is 12.0 Å². The monoisotopic (exact) mass is 465 g/mol. The Hall–Kier alpha value is -3.55. The average molecular weight is 466 g/mol. The van der Waals surface area contributed by atoms with E-state index in [9.17, 15) is 14.4 Å². The minimum absolute atomic E-state index is 0.00734. The molecule has 0 saturated carbocycles. The fraction of sp³-hybridized carbons (Fsp3) is 0.423. The van der Waals surface area contributed by atoms with Crippen molar-refractivity contribution >= 4 is 17.7 Å². The Balaban J connectivity index is 1.44. The number of hydrogen-bond donors (Lipinski definition) is 2. The number of benzene rings is 2. The molecule has 2 N–H and O–H groups in total. The summed E-state index contributed by atoms with van der Waals surface area (Å²) in [5.74, 6) is 0.513. The molecule has 2 aliphatic rings. The van der Waals surface area contributed by atoms with Crippen LogP contribution in [0.1, 0.15) is 52.5 Å². The van der Waals surface area contributed by atoms with Crippen LogP contribution in [-0.2, 0) is 4.79 Å². The topological polar surface area (TPSA) is 97.0 Å². The zero-order valence-electron chi connectivity index (χ0n) is 19.6. The third kappa shape index (κ3) is 5.16. The first kappa shape index (κ1) is 23.6. The van der Waals surface area contributed by atoms with Crippen molar-refractivity contribution in [2.75, 3.05) is 26.4 Å². The molecule has 1 atom stereocenters. The number of carbonyl (C=O) groups excluding carboxylic acids is 3. The highest BCUT2D eigenvalue weighted by Gasteiger charge is 2.34. The van der Waals surface area contributed by atoms with E-state index in [0.29, 0.717) is 55.1 Å². The molecular weight excluding hydrogens is 434 g/mol.